The Bertz CT molecular complexity index is 1210. The number of rotatable bonds is 6. The first-order valence-electron chi connectivity index (χ1n) is 9.87. The minimum Gasteiger partial charge on any atom is -0.488 e. The Kier molecular flexibility index (Phi) is 7.04. The number of carbonyl (C=O) groups excluding carboxylic acids is 2. The predicted molar refractivity (Wildman–Crippen MR) is 133 cm³/mol. The lowest BCUT2D eigenvalue weighted by molar-refractivity contribution is -0.123. The van der Waals surface area contributed by atoms with Gasteiger partial charge >= 0.3 is 0 Å². The van der Waals surface area contributed by atoms with Crippen molar-refractivity contribution in [3.63, 3.8) is 0 Å². The summed E-state index contributed by atoms with van der Waals surface area (Å²) in [6.45, 7) is 2.59. The molecule has 0 radical (unpaired) electrons. The van der Waals surface area contributed by atoms with Gasteiger partial charge in [-0.15, -0.1) is 0 Å². The molecule has 1 heterocycles. The fraction of sp³-hybridized carbons (Fsp3) is 0.120. The van der Waals surface area contributed by atoms with Gasteiger partial charge in [0.05, 0.1) is 11.4 Å². The number of halogens is 2. The van der Waals surface area contributed by atoms with Crippen LogP contribution in [0.3, 0.4) is 0 Å². The summed E-state index contributed by atoms with van der Waals surface area (Å²) in [5.74, 6) is 0.318. The van der Waals surface area contributed by atoms with E-state index in [2.05, 4.69) is 15.9 Å². The number of ether oxygens (including phenoxy) is 1. The van der Waals surface area contributed by atoms with Crippen LogP contribution in [0.2, 0.25) is 5.02 Å². The Hall–Kier alpha value is -2.54. The minimum absolute atomic E-state index is 0.252. The van der Waals surface area contributed by atoms with Crippen molar-refractivity contribution < 1.29 is 14.3 Å². The van der Waals surface area contributed by atoms with Crippen molar-refractivity contribution in [2.24, 2.45) is 0 Å². The molecule has 3 aromatic rings. The lowest BCUT2D eigenvalue weighted by atomic mass is 10.1. The van der Waals surface area contributed by atoms with Crippen molar-refractivity contribution >= 4 is 56.5 Å². The molecule has 1 aliphatic rings. The minimum atomic E-state index is -0.301. The number of carbonyl (C=O) groups is 2. The maximum Gasteiger partial charge on any atom is 0.293 e. The summed E-state index contributed by atoms with van der Waals surface area (Å²) in [4.78, 5) is 27.2. The first-order valence-corrected chi connectivity index (χ1v) is 11.9. The molecular formula is C25H19BrClNO3S. The molecule has 0 N–H and O–H groups in total. The van der Waals surface area contributed by atoms with Gasteiger partial charge in [-0.05, 0) is 66.2 Å². The molecule has 162 valence electrons. The second-order valence-electron chi connectivity index (χ2n) is 7.35. The highest BCUT2D eigenvalue weighted by Gasteiger charge is 2.35. The normalized spacial score (nSPS) is 15.0. The maximum atomic E-state index is 13.0. The first kappa shape index (κ1) is 22.6. The average Bonchev–Trinajstić information content (AvgIpc) is 3.02. The van der Waals surface area contributed by atoms with Crippen LogP contribution in [0.4, 0.5) is 4.79 Å². The van der Waals surface area contributed by atoms with Gasteiger partial charge in [0.2, 0.25) is 0 Å². The second-order valence-corrected chi connectivity index (χ2v) is 9.70. The van der Waals surface area contributed by atoms with Crippen LogP contribution in [-0.4, -0.2) is 16.0 Å². The smallest absolute Gasteiger partial charge is 0.293 e. The molecule has 1 fully saturated rings. The third kappa shape index (κ3) is 5.44. The van der Waals surface area contributed by atoms with E-state index >= 15 is 0 Å². The summed E-state index contributed by atoms with van der Waals surface area (Å²) < 4.78 is 6.85. The zero-order valence-corrected chi connectivity index (χ0v) is 20.3. The number of amides is 2. The largest absolute Gasteiger partial charge is 0.488 e. The number of hydrogen-bond acceptors (Lipinski definition) is 4. The number of aryl methyl sites for hydroxylation is 1. The lowest BCUT2D eigenvalue weighted by Crippen LogP contribution is -2.27. The van der Waals surface area contributed by atoms with E-state index in [-0.39, 0.29) is 17.7 Å². The second kappa shape index (κ2) is 9.94. The van der Waals surface area contributed by atoms with Gasteiger partial charge in [-0.2, -0.15) is 0 Å². The van der Waals surface area contributed by atoms with Crippen molar-refractivity contribution in [3.05, 3.63) is 103 Å². The standard InChI is InChI=1S/C25H19BrClNO3S/c1-16-3-2-4-18(11-16)14-28-24(29)23(32-25(28)30)13-19-12-20(26)7-10-22(19)31-15-17-5-8-21(27)9-6-17/h2-13H,14-15H2,1H3/b23-13-. The molecule has 0 aliphatic carbocycles. The van der Waals surface area contributed by atoms with E-state index < -0.39 is 0 Å². The monoisotopic (exact) mass is 527 g/mol. The fourth-order valence-corrected chi connectivity index (χ4v) is 4.61. The molecular weight excluding hydrogens is 510 g/mol. The number of thioether (sulfide) groups is 1. The Morgan fingerprint density at radius 2 is 1.81 bits per heavy atom. The van der Waals surface area contributed by atoms with Crippen molar-refractivity contribution in [1.82, 2.24) is 4.90 Å². The van der Waals surface area contributed by atoms with Gasteiger partial charge in [0.1, 0.15) is 12.4 Å². The van der Waals surface area contributed by atoms with Crippen molar-refractivity contribution in [2.75, 3.05) is 0 Å². The zero-order valence-electron chi connectivity index (χ0n) is 17.2. The van der Waals surface area contributed by atoms with Gasteiger partial charge in [0.15, 0.2) is 0 Å². The van der Waals surface area contributed by atoms with Gasteiger partial charge in [-0.3, -0.25) is 14.5 Å². The van der Waals surface area contributed by atoms with E-state index in [1.807, 2.05) is 73.7 Å². The maximum absolute atomic E-state index is 13.0. The summed E-state index contributed by atoms with van der Waals surface area (Å²) in [5, 5.41) is 0.390. The van der Waals surface area contributed by atoms with Crippen LogP contribution < -0.4 is 4.74 Å². The van der Waals surface area contributed by atoms with E-state index in [1.165, 1.54) is 4.90 Å². The summed E-state index contributed by atoms with van der Waals surface area (Å²) in [6, 6.07) is 20.8. The molecule has 3 aromatic carbocycles. The van der Waals surface area contributed by atoms with Crippen LogP contribution in [0.25, 0.3) is 6.08 Å². The molecule has 0 atom stereocenters. The van der Waals surface area contributed by atoms with Gasteiger partial charge < -0.3 is 4.74 Å². The molecule has 4 nitrogen and oxygen atoms in total. The molecule has 1 saturated heterocycles. The molecule has 2 amide bonds. The molecule has 0 saturated carbocycles. The SMILES string of the molecule is Cc1cccc(CN2C(=O)S/C(=C\c3cc(Br)ccc3OCc3ccc(Cl)cc3)C2=O)c1. The number of hydrogen-bond donors (Lipinski definition) is 0. The number of nitrogens with zero attached hydrogens (tertiary/aromatic N) is 1. The summed E-state index contributed by atoms with van der Waals surface area (Å²) in [7, 11) is 0. The highest BCUT2D eigenvalue weighted by molar-refractivity contribution is 9.10. The van der Waals surface area contributed by atoms with Crippen LogP contribution in [-0.2, 0) is 17.9 Å². The van der Waals surface area contributed by atoms with E-state index in [9.17, 15) is 9.59 Å². The van der Waals surface area contributed by atoms with Crippen LogP contribution in [0.5, 0.6) is 5.75 Å². The molecule has 0 aromatic heterocycles. The van der Waals surface area contributed by atoms with Crippen LogP contribution >= 0.6 is 39.3 Å². The van der Waals surface area contributed by atoms with E-state index in [0.717, 1.165) is 38.5 Å². The van der Waals surface area contributed by atoms with Crippen LogP contribution in [0.15, 0.2) is 76.1 Å². The quantitative estimate of drug-likeness (QED) is 0.317. The zero-order chi connectivity index (χ0) is 22.7. The Balaban J connectivity index is 1.55. The summed E-state index contributed by atoms with van der Waals surface area (Å²) in [5.41, 5.74) is 3.70. The summed E-state index contributed by atoms with van der Waals surface area (Å²) >= 11 is 10.4. The topological polar surface area (TPSA) is 46.6 Å². The highest BCUT2D eigenvalue weighted by Crippen LogP contribution is 2.36. The lowest BCUT2D eigenvalue weighted by Gasteiger charge is -2.13. The predicted octanol–water partition coefficient (Wildman–Crippen LogP) is 7.23. The highest BCUT2D eigenvalue weighted by atomic mass is 79.9. The molecule has 7 heteroatoms. The first-order chi connectivity index (χ1) is 15.4. The Labute approximate surface area is 204 Å². The van der Waals surface area contributed by atoms with Crippen molar-refractivity contribution in [3.8, 4) is 5.75 Å². The van der Waals surface area contributed by atoms with E-state index in [4.69, 9.17) is 16.3 Å². The molecule has 0 unspecified atom stereocenters. The summed E-state index contributed by atoms with van der Waals surface area (Å²) in [6.07, 6.45) is 1.71. The molecule has 0 spiro atoms. The number of imide groups is 1. The molecule has 0 bridgehead atoms. The molecule has 32 heavy (non-hydrogen) atoms. The van der Waals surface area contributed by atoms with Crippen molar-refractivity contribution in [2.45, 2.75) is 20.1 Å². The fourth-order valence-electron chi connectivity index (χ4n) is 3.28. The van der Waals surface area contributed by atoms with Gasteiger partial charge in [0, 0.05) is 15.1 Å². The number of benzene rings is 3. The van der Waals surface area contributed by atoms with Crippen LogP contribution in [0.1, 0.15) is 22.3 Å². The van der Waals surface area contributed by atoms with Crippen molar-refractivity contribution in [1.29, 1.82) is 0 Å². The van der Waals surface area contributed by atoms with E-state index in [1.54, 1.807) is 6.08 Å². The average molecular weight is 529 g/mol. The Morgan fingerprint density at radius 3 is 2.56 bits per heavy atom. The van der Waals surface area contributed by atoms with Gasteiger partial charge in [0.25, 0.3) is 11.1 Å². The third-order valence-corrected chi connectivity index (χ3v) is 6.52. The Morgan fingerprint density at radius 1 is 1.03 bits per heavy atom. The molecule has 1 aliphatic heterocycles. The third-order valence-electron chi connectivity index (χ3n) is 4.86. The van der Waals surface area contributed by atoms with Gasteiger partial charge in [-0.25, -0.2) is 0 Å². The molecule has 4 rings (SSSR count). The van der Waals surface area contributed by atoms with Crippen LogP contribution in [0, 0.1) is 6.92 Å². The van der Waals surface area contributed by atoms with Gasteiger partial charge in [-0.1, -0.05) is 69.5 Å². The van der Waals surface area contributed by atoms with E-state index in [0.29, 0.717) is 22.3 Å².